The van der Waals surface area contributed by atoms with Crippen molar-refractivity contribution in [2.24, 2.45) is 0 Å². The van der Waals surface area contributed by atoms with Crippen LogP contribution in [0.2, 0.25) is 0 Å². The highest BCUT2D eigenvalue weighted by Gasteiger charge is 2.39. The Kier molecular flexibility index (Phi) is 5.11. The first kappa shape index (κ1) is 17.5. The maximum absolute atomic E-state index is 13.0. The summed E-state index contributed by atoms with van der Waals surface area (Å²) < 4.78 is 13.0. The number of aliphatic hydroxyl groups is 1. The molecule has 1 amide bonds. The molecule has 1 saturated heterocycles. The molecule has 0 aliphatic carbocycles. The molecule has 6 heteroatoms. The lowest BCUT2D eigenvalue weighted by molar-refractivity contribution is 0.0163. The normalized spacial score (nSPS) is 20.2. The van der Waals surface area contributed by atoms with Crippen LogP contribution in [0.25, 0.3) is 0 Å². The number of likely N-dealkylation sites (tertiary alicyclic amines) is 1. The summed E-state index contributed by atoms with van der Waals surface area (Å²) >= 11 is 0. The molecule has 1 atom stereocenters. The van der Waals surface area contributed by atoms with Crippen molar-refractivity contribution in [2.45, 2.75) is 18.6 Å². The third-order valence-electron chi connectivity index (χ3n) is 4.43. The van der Waals surface area contributed by atoms with Crippen LogP contribution in [0.15, 0.2) is 48.7 Å². The Morgan fingerprint density at radius 2 is 2.08 bits per heavy atom. The molecule has 5 nitrogen and oxygen atoms in total. The summed E-state index contributed by atoms with van der Waals surface area (Å²) in [7, 11) is 1.91. The van der Waals surface area contributed by atoms with E-state index in [9.17, 15) is 14.3 Å². The minimum absolute atomic E-state index is 0.155. The standard InChI is InChI=1S/C19H22FN3O2/c1-22(12-15-5-7-16(20)8-6-15)13-19(25)9-11-23(14-19)18(24)17-4-2-3-10-21-17/h2-8,10,25H,9,11-14H2,1H3. The number of amides is 1. The minimum Gasteiger partial charge on any atom is -0.387 e. The molecule has 1 aliphatic rings. The molecule has 25 heavy (non-hydrogen) atoms. The summed E-state index contributed by atoms with van der Waals surface area (Å²) in [6.07, 6.45) is 2.12. The lowest BCUT2D eigenvalue weighted by Gasteiger charge is -2.29. The number of carbonyl (C=O) groups excluding carboxylic acids is 1. The second-order valence-electron chi connectivity index (χ2n) is 6.71. The Labute approximate surface area is 146 Å². The summed E-state index contributed by atoms with van der Waals surface area (Å²) in [6.45, 7) is 1.85. The van der Waals surface area contributed by atoms with Crippen molar-refractivity contribution in [2.75, 3.05) is 26.7 Å². The largest absolute Gasteiger partial charge is 0.387 e. The van der Waals surface area contributed by atoms with Crippen LogP contribution in [0.3, 0.4) is 0 Å². The number of aromatic nitrogens is 1. The predicted molar refractivity (Wildman–Crippen MR) is 92.4 cm³/mol. The zero-order chi connectivity index (χ0) is 17.9. The van der Waals surface area contributed by atoms with E-state index < -0.39 is 5.60 Å². The van der Waals surface area contributed by atoms with Gasteiger partial charge >= 0.3 is 0 Å². The molecule has 0 saturated carbocycles. The van der Waals surface area contributed by atoms with Crippen LogP contribution >= 0.6 is 0 Å². The second-order valence-corrected chi connectivity index (χ2v) is 6.71. The quantitative estimate of drug-likeness (QED) is 0.901. The average molecular weight is 343 g/mol. The Balaban J connectivity index is 1.57. The van der Waals surface area contributed by atoms with Gasteiger partial charge in [-0.1, -0.05) is 18.2 Å². The highest BCUT2D eigenvalue weighted by atomic mass is 19.1. The molecular weight excluding hydrogens is 321 g/mol. The average Bonchev–Trinajstić information content (AvgIpc) is 2.98. The number of nitrogens with zero attached hydrogens (tertiary/aromatic N) is 3. The molecule has 132 valence electrons. The van der Waals surface area contributed by atoms with Gasteiger partial charge in [-0.2, -0.15) is 0 Å². The van der Waals surface area contributed by atoms with Gasteiger partial charge in [-0.3, -0.25) is 14.7 Å². The van der Waals surface area contributed by atoms with Gasteiger partial charge in [0.05, 0.1) is 12.1 Å². The molecule has 1 aromatic carbocycles. The van der Waals surface area contributed by atoms with E-state index in [1.54, 1.807) is 41.4 Å². The number of halogens is 1. The molecule has 0 spiro atoms. The van der Waals surface area contributed by atoms with Gasteiger partial charge in [0, 0.05) is 25.8 Å². The molecule has 0 bridgehead atoms. The van der Waals surface area contributed by atoms with Crippen LogP contribution in [0.4, 0.5) is 4.39 Å². The summed E-state index contributed by atoms with van der Waals surface area (Å²) in [4.78, 5) is 20.2. The van der Waals surface area contributed by atoms with Crippen molar-refractivity contribution in [1.29, 1.82) is 0 Å². The monoisotopic (exact) mass is 343 g/mol. The molecule has 1 unspecified atom stereocenters. The number of hydrogen-bond donors (Lipinski definition) is 1. The molecule has 1 fully saturated rings. The molecule has 2 aromatic rings. The molecule has 1 N–H and O–H groups in total. The summed E-state index contributed by atoms with van der Waals surface area (Å²) in [5, 5.41) is 10.8. The van der Waals surface area contributed by atoms with Crippen molar-refractivity contribution in [3.05, 3.63) is 65.7 Å². The minimum atomic E-state index is -0.945. The number of carbonyl (C=O) groups is 1. The number of hydrogen-bond acceptors (Lipinski definition) is 4. The molecule has 0 radical (unpaired) electrons. The Morgan fingerprint density at radius 3 is 2.76 bits per heavy atom. The van der Waals surface area contributed by atoms with Crippen molar-refractivity contribution in [1.82, 2.24) is 14.8 Å². The van der Waals surface area contributed by atoms with E-state index in [1.165, 1.54) is 12.1 Å². The highest BCUT2D eigenvalue weighted by molar-refractivity contribution is 5.92. The van der Waals surface area contributed by atoms with Gasteiger partial charge in [0.15, 0.2) is 0 Å². The number of pyridine rings is 1. The fourth-order valence-electron chi connectivity index (χ4n) is 3.27. The first-order valence-electron chi connectivity index (χ1n) is 8.31. The lowest BCUT2D eigenvalue weighted by Crippen LogP contribution is -2.44. The fraction of sp³-hybridized carbons (Fsp3) is 0.368. The molecule has 3 rings (SSSR count). The van der Waals surface area contributed by atoms with Gasteiger partial charge in [0.2, 0.25) is 0 Å². The van der Waals surface area contributed by atoms with Gasteiger partial charge in [-0.15, -0.1) is 0 Å². The third kappa shape index (κ3) is 4.41. The van der Waals surface area contributed by atoms with Crippen molar-refractivity contribution in [3.63, 3.8) is 0 Å². The maximum Gasteiger partial charge on any atom is 0.272 e. The van der Waals surface area contributed by atoms with Crippen LogP contribution in [0.1, 0.15) is 22.5 Å². The first-order valence-corrected chi connectivity index (χ1v) is 8.31. The molecular formula is C19H22FN3O2. The first-order chi connectivity index (χ1) is 12.0. The van der Waals surface area contributed by atoms with Gasteiger partial charge in [0.1, 0.15) is 11.5 Å². The third-order valence-corrected chi connectivity index (χ3v) is 4.43. The predicted octanol–water partition coefficient (Wildman–Crippen LogP) is 1.93. The number of likely N-dealkylation sites (N-methyl/N-ethyl adjacent to an activating group) is 1. The number of β-amino-alcohol motifs (C(OH)–C–C–N with tert-alkyl or cyclic N) is 1. The van der Waals surface area contributed by atoms with Gasteiger partial charge < -0.3 is 10.0 Å². The van der Waals surface area contributed by atoms with Crippen molar-refractivity contribution < 1.29 is 14.3 Å². The molecule has 2 heterocycles. The van der Waals surface area contributed by atoms with E-state index in [1.807, 2.05) is 11.9 Å². The van der Waals surface area contributed by atoms with Crippen molar-refractivity contribution in [3.8, 4) is 0 Å². The zero-order valence-electron chi connectivity index (χ0n) is 14.2. The maximum atomic E-state index is 13.0. The van der Waals surface area contributed by atoms with Gasteiger partial charge in [-0.25, -0.2) is 4.39 Å². The van der Waals surface area contributed by atoms with Crippen LogP contribution < -0.4 is 0 Å². The fourth-order valence-corrected chi connectivity index (χ4v) is 3.27. The molecule has 1 aromatic heterocycles. The van der Waals surface area contributed by atoms with E-state index in [0.717, 1.165) is 5.56 Å². The van der Waals surface area contributed by atoms with Crippen molar-refractivity contribution >= 4 is 5.91 Å². The van der Waals surface area contributed by atoms with Crippen LogP contribution in [0.5, 0.6) is 0 Å². The SMILES string of the molecule is CN(Cc1ccc(F)cc1)CC1(O)CCN(C(=O)c2ccccn2)C1. The zero-order valence-corrected chi connectivity index (χ0v) is 14.2. The topological polar surface area (TPSA) is 56.7 Å². The van der Waals surface area contributed by atoms with E-state index in [-0.39, 0.29) is 18.3 Å². The van der Waals surface area contributed by atoms with E-state index in [0.29, 0.717) is 31.7 Å². The number of benzene rings is 1. The Morgan fingerprint density at radius 1 is 1.32 bits per heavy atom. The van der Waals surface area contributed by atoms with Crippen LogP contribution in [-0.4, -0.2) is 58.1 Å². The van der Waals surface area contributed by atoms with Crippen LogP contribution in [0, 0.1) is 5.82 Å². The summed E-state index contributed by atoms with van der Waals surface area (Å²) in [6, 6.07) is 11.6. The Bertz CT molecular complexity index is 723. The van der Waals surface area contributed by atoms with E-state index in [4.69, 9.17) is 0 Å². The summed E-state index contributed by atoms with van der Waals surface area (Å²) in [5.74, 6) is -0.415. The summed E-state index contributed by atoms with van der Waals surface area (Å²) in [5.41, 5.74) is 0.428. The lowest BCUT2D eigenvalue weighted by atomic mass is 10.0. The smallest absolute Gasteiger partial charge is 0.272 e. The van der Waals surface area contributed by atoms with E-state index >= 15 is 0 Å². The highest BCUT2D eigenvalue weighted by Crippen LogP contribution is 2.24. The molecule has 1 aliphatic heterocycles. The van der Waals surface area contributed by atoms with E-state index in [2.05, 4.69) is 4.98 Å². The Hall–Kier alpha value is -2.31. The van der Waals surface area contributed by atoms with Gasteiger partial charge in [0.25, 0.3) is 5.91 Å². The number of rotatable bonds is 5. The van der Waals surface area contributed by atoms with Gasteiger partial charge in [-0.05, 0) is 43.3 Å². The van der Waals surface area contributed by atoms with Crippen LogP contribution in [-0.2, 0) is 6.54 Å². The second kappa shape index (κ2) is 7.29.